The van der Waals surface area contributed by atoms with Crippen molar-refractivity contribution in [2.75, 3.05) is 11.9 Å². The summed E-state index contributed by atoms with van der Waals surface area (Å²) < 4.78 is 46.1. The number of ether oxygens (including phenoxy) is 1. The molecular formula is C26H22F3N3O3. The number of anilines is 1. The molecule has 4 aromatic rings. The number of carboxylic acids is 1. The molecule has 3 heterocycles. The third-order valence-corrected chi connectivity index (χ3v) is 6.30. The van der Waals surface area contributed by atoms with Crippen molar-refractivity contribution in [2.45, 2.75) is 32.0 Å². The summed E-state index contributed by atoms with van der Waals surface area (Å²) in [6.45, 7) is 2.87. The summed E-state index contributed by atoms with van der Waals surface area (Å²) in [6, 6.07) is 14.9. The highest BCUT2D eigenvalue weighted by atomic mass is 19.4. The molecule has 0 aliphatic carbocycles. The monoisotopic (exact) mass is 481 g/mol. The fraction of sp³-hybridized carbons (Fsp3) is 0.231. The zero-order chi connectivity index (χ0) is 24.7. The molecule has 35 heavy (non-hydrogen) atoms. The fourth-order valence-corrected chi connectivity index (χ4v) is 4.44. The summed E-state index contributed by atoms with van der Waals surface area (Å²) in [7, 11) is 0. The number of aliphatic carboxylic acids is 1. The standard InChI is InChI=1S/C26H22F3N3O3/c1-15-16(11-30-19-6-7-21-18(9-25(33)34)14-35-22(21)10-19)3-2-4-20(15)17-5-8-24-31-23(26(27,28)29)13-32(24)12-17/h2-8,10,12-13,18,30H,9,11,14H2,1H3,(H,33,34)/t18-/m1/s1. The number of benzene rings is 2. The van der Waals surface area contributed by atoms with Gasteiger partial charge in [-0.1, -0.05) is 24.3 Å². The Morgan fingerprint density at radius 1 is 1.20 bits per heavy atom. The van der Waals surface area contributed by atoms with Crippen LogP contribution in [0.15, 0.2) is 60.9 Å². The Kier molecular flexibility index (Phi) is 5.62. The minimum absolute atomic E-state index is 0.0359. The lowest BCUT2D eigenvalue weighted by atomic mass is 9.97. The van der Waals surface area contributed by atoms with Gasteiger partial charge in [0.15, 0.2) is 5.69 Å². The summed E-state index contributed by atoms with van der Waals surface area (Å²) in [5.74, 6) is -0.300. The smallest absolute Gasteiger partial charge is 0.434 e. The van der Waals surface area contributed by atoms with Crippen LogP contribution in [0, 0.1) is 6.92 Å². The maximum Gasteiger partial charge on any atom is 0.434 e. The summed E-state index contributed by atoms with van der Waals surface area (Å²) in [5, 5.41) is 12.4. The van der Waals surface area contributed by atoms with Gasteiger partial charge in [0.1, 0.15) is 11.4 Å². The predicted molar refractivity (Wildman–Crippen MR) is 125 cm³/mol. The minimum atomic E-state index is -4.49. The molecule has 180 valence electrons. The molecule has 2 N–H and O–H groups in total. The number of fused-ring (bicyclic) bond motifs is 2. The van der Waals surface area contributed by atoms with E-state index in [2.05, 4.69) is 10.3 Å². The molecule has 1 aliphatic rings. The molecule has 0 saturated carbocycles. The van der Waals surface area contributed by atoms with Gasteiger partial charge in [0, 0.05) is 42.2 Å². The van der Waals surface area contributed by atoms with E-state index in [9.17, 15) is 18.0 Å². The highest BCUT2D eigenvalue weighted by molar-refractivity contribution is 5.70. The van der Waals surface area contributed by atoms with Gasteiger partial charge in [-0.05, 0) is 47.4 Å². The molecule has 1 aliphatic heterocycles. The summed E-state index contributed by atoms with van der Waals surface area (Å²) in [4.78, 5) is 14.7. The van der Waals surface area contributed by atoms with Gasteiger partial charge in [0.2, 0.25) is 0 Å². The van der Waals surface area contributed by atoms with Gasteiger partial charge in [0.25, 0.3) is 0 Å². The van der Waals surface area contributed by atoms with Gasteiger partial charge in [-0.2, -0.15) is 13.2 Å². The van der Waals surface area contributed by atoms with E-state index >= 15 is 0 Å². The number of alkyl halides is 3. The van der Waals surface area contributed by atoms with Crippen molar-refractivity contribution in [1.29, 1.82) is 0 Å². The second-order valence-electron chi connectivity index (χ2n) is 8.61. The zero-order valence-electron chi connectivity index (χ0n) is 18.8. The second kappa shape index (κ2) is 8.65. The van der Waals surface area contributed by atoms with E-state index in [1.165, 1.54) is 4.40 Å². The third kappa shape index (κ3) is 4.53. The Bertz CT molecular complexity index is 1430. The molecule has 5 rings (SSSR count). The predicted octanol–water partition coefficient (Wildman–Crippen LogP) is 5.89. The number of nitrogens with one attached hydrogen (secondary N) is 1. The lowest BCUT2D eigenvalue weighted by molar-refractivity contribution is -0.141. The Morgan fingerprint density at radius 2 is 2.03 bits per heavy atom. The van der Waals surface area contributed by atoms with Crippen molar-refractivity contribution in [2.24, 2.45) is 0 Å². The van der Waals surface area contributed by atoms with Crippen LogP contribution < -0.4 is 10.1 Å². The Balaban J connectivity index is 1.35. The van der Waals surface area contributed by atoms with E-state index in [1.807, 2.05) is 43.3 Å². The van der Waals surface area contributed by atoms with Crippen molar-refractivity contribution in [1.82, 2.24) is 9.38 Å². The van der Waals surface area contributed by atoms with Crippen molar-refractivity contribution in [3.8, 4) is 16.9 Å². The highest BCUT2D eigenvalue weighted by Crippen LogP contribution is 2.38. The van der Waals surface area contributed by atoms with Crippen molar-refractivity contribution < 1.29 is 27.8 Å². The van der Waals surface area contributed by atoms with Gasteiger partial charge in [-0.15, -0.1) is 0 Å². The summed E-state index contributed by atoms with van der Waals surface area (Å²) in [6.07, 6.45) is -1.80. The molecule has 0 fully saturated rings. The van der Waals surface area contributed by atoms with Gasteiger partial charge in [-0.25, -0.2) is 4.98 Å². The van der Waals surface area contributed by atoms with Gasteiger partial charge in [-0.3, -0.25) is 4.79 Å². The SMILES string of the molecule is Cc1c(CNc2ccc3c(c2)OC[C@H]3CC(=O)O)cccc1-c1ccc2nc(C(F)(F)F)cn2c1. The molecule has 0 unspecified atom stereocenters. The normalized spacial score (nSPS) is 15.1. The maximum atomic E-state index is 13.0. The molecule has 2 aromatic heterocycles. The lowest BCUT2D eigenvalue weighted by Gasteiger charge is -2.14. The first-order chi connectivity index (χ1) is 16.7. The van der Waals surface area contributed by atoms with Crippen LogP contribution in [0.3, 0.4) is 0 Å². The number of aromatic nitrogens is 2. The van der Waals surface area contributed by atoms with E-state index in [4.69, 9.17) is 9.84 Å². The number of imidazole rings is 1. The lowest BCUT2D eigenvalue weighted by Crippen LogP contribution is -2.07. The molecule has 2 aromatic carbocycles. The molecule has 0 radical (unpaired) electrons. The average molecular weight is 481 g/mol. The number of carboxylic acid groups (broad SMARTS) is 1. The number of hydrogen-bond acceptors (Lipinski definition) is 4. The molecule has 6 nitrogen and oxygen atoms in total. The number of halogens is 3. The van der Waals surface area contributed by atoms with Crippen molar-refractivity contribution in [3.05, 3.63) is 83.3 Å². The van der Waals surface area contributed by atoms with Crippen LogP contribution >= 0.6 is 0 Å². The molecule has 0 saturated heterocycles. The molecule has 0 amide bonds. The van der Waals surface area contributed by atoms with Crippen LogP contribution in [0.5, 0.6) is 5.75 Å². The quantitative estimate of drug-likeness (QED) is 0.359. The Hall–Kier alpha value is -4.01. The number of rotatable bonds is 6. The topological polar surface area (TPSA) is 75.9 Å². The van der Waals surface area contributed by atoms with Gasteiger partial charge >= 0.3 is 12.1 Å². The summed E-state index contributed by atoms with van der Waals surface area (Å²) in [5.41, 5.74) is 4.83. The van der Waals surface area contributed by atoms with Crippen LogP contribution in [0.4, 0.5) is 18.9 Å². The van der Waals surface area contributed by atoms with E-state index in [1.54, 1.807) is 18.3 Å². The van der Waals surface area contributed by atoms with Crippen LogP contribution in [-0.4, -0.2) is 27.1 Å². The van der Waals surface area contributed by atoms with Crippen molar-refractivity contribution in [3.63, 3.8) is 0 Å². The van der Waals surface area contributed by atoms with Gasteiger partial charge in [0.05, 0.1) is 13.0 Å². The van der Waals surface area contributed by atoms with E-state index in [0.717, 1.165) is 39.7 Å². The highest BCUT2D eigenvalue weighted by Gasteiger charge is 2.34. The second-order valence-corrected chi connectivity index (χ2v) is 8.61. The van der Waals surface area contributed by atoms with E-state index in [0.29, 0.717) is 18.9 Å². The van der Waals surface area contributed by atoms with Crippen LogP contribution in [0.2, 0.25) is 0 Å². The van der Waals surface area contributed by atoms with E-state index < -0.39 is 17.8 Å². The van der Waals surface area contributed by atoms with Gasteiger partial charge < -0.3 is 19.6 Å². The third-order valence-electron chi connectivity index (χ3n) is 6.30. The first kappa shape index (κ1) is 22.8. The van der Waals surface area contributed by atoms with Crippen molar-refractivity contribution >= 4 is 17.3 Å². The van der Waals surface area contributed by atoms with E-state index in [-0.39, 0.29) is 18.0 Å². The Labute approximate surface area is 199 Å². The fourth-order valence-electron chi connectivity index (χ4n) is 4.44. The first-order valence-corrected chi connectivity index (χ1v) is 11.1. The molecule has 9 heteroatoms. The number of nitrogens with zero attached hydrogens (tertiary/aromatic N) is 2. The molecule has 0 bridgehead atoms. The number of carbonyl (C=O) groups is 1. The van der Waals surface area contributed by atoms with Crippen LogP contribution in [0.1, 0.15) is 34.7 Å². The largest absolute Gasteiger partial charge is 0.493 e. The summed E-state index contributed by atoms with van der Waals surface area (Å²) >= 11 is 0. The zero-order valence-corrected chi connectivity index (χ0v) is 18.8. The van der Waals surface area contributed by atoms with Crippen LogP contribution in [0.25, 0.3) is 16.8 Å². The maximum absolute atomic E-state index is 13.0. The van der Waals surface area contributed by atoms with Crippen LogP contribution in [-0.2, 0) is 17.5 Å². The molecular weight excluding hydrogens is 459 g/mol. The average Bonchev–Trinajstić information content (AvgIpc) is 3.41. The Morgan fingerprint density at radius 3 is 2.80 bits per heavy atom. The molecule has 0 spiro atoms. The number of pyridine rings is 1. The molecule has 1 atom stereocenters. The number of hydrogen-bond donors (Lipinski definition) is 2. The minimum Gasteiger partial charge on any atom is -0.493 e. The first-order valence-electron chi connectivity index (χ1n) is 11.1.